The smallest absolute Gasteiger partial charge is 0.315 e. The van der Waals surface area contributed by atoms with Crippen molar-refractivity contribution in [1.29, 1.82) is 0 Å². The minimum Gasteiger partial charge on any atom is -0.338 e. The molecule has 0 heterocycles. The molecule has 0 radical (unpaired) electrons. The number of carbonyl (C=O) groups is 3. The molecular formula is C23H31ClN4O3. The molecule has 168 valence electrons. The number of urea groups is 1. The fraction of sp³-hybridized carbons (Fsp3) is 0.609. The standard InChI is InChI=1S/C23H31ClN4O3/c1-28(14-20(29)26-19-5-3-2-4-18(19)24)21(30)6-7-25-22(31)27-23-11-15-8-16(12-23)10-17(9-15)13-23/h2-5,15-17H,6-14H2,1H3,(H,26,29)(H2,25,27,31). The zero-order valence-corrected chi connectivity index (χ0v) is 18.7. The quantitative estimate of drug-likeness (QED) is 0.599. The van der Waals surface area contributed by atoms with E-state index in [1.54, 1.807) is 31.3 Å². The Morgan fingerprint density at radius 2 is 1.68 bits per heavy atom. The summed E-state index contributed by atoms with van der Waals surface area (Å²) < 4.78 is 0. The van der Waals surface area contributed by atoms with Gasteiger partial charge in [-0.3, -0.25) is 9.59 Å². The van der Waals surface area contributed by atoms with Gasteiger partial charge in [0.15, 0.2) is 0 Å². The lowest BCUT2D eigenvalue weighted by atomic mass is 9.53. The lowest BCUT2D eigenvalue weighted by Gasteiger charge is -2.56. The number of nitrogens with zero attached hydrogens (tertiary/aromatic N) is 1. The van der Waals surface area contributed by atoms with Gasteiger partial charge in [0.05, 0.1) is 17.3 Å². The number of amides is 4. The molecule has 31 heavy (non-hydrogen) atoms. The number of para-hydroxylation sites is 1. The predicted octanol–water partition coefficient (Wildman–Crippen LogP) is 3.40. The molecule has 0 aromatic heterocycles. The molecule has 4 fully saturated rings. The maximum atomic E-state index is 12.5. The molecule has 0 aliphatic heterocycles. The van der Waals surface area contributed by atoms with Gasteiger partial charge in [-0.1, -0.05) is 23.7 Å². The third-order valence-electron chi connectivity index (χ3n) is 7.00. The Hall–Kier alpha value is -2.28. The second kappa shape index (κ2) is 9.07. The van der Waals surface area contributed by atoms with Crippen LogP contribution in [0.1, 0.15) is 44.9 Å². The van der Waals surface area contributed by atoms with E-state index in [1.165, 1.54) is 24.2 Å². The van der Waals surface area contributed by atoms with Crippen molar-refractivity contribution in [3.8, 4) is 0 Å². The molecule has 0 atom stereocenters. The third kappa shape index (κ3) is 5.32. The van der Waals surface area contributed by atoms with Crippen molar-refractivity contribution in [3.05, 3.63) is 29.3 Å². The predicted molar refractivity (Wildman–Crippen MR) is 120 cm³/mol. The first-order chi connectivity index (χ1) is 14.8. The molecule has 8 heteroatoms. The van der Waals surface area contributed by atoms with Gasteiger partial charge in [-0.2, -0.15) is 0 Å². The molecule has 0 unspecified atom stereocenters. The highest BCUT2D eigenvalue weighted by molar-refractivity contribution is 6.33. The van der Waals surface area contributed by atoms with Crippen molar-refractivity contribution < 1.29 is 14.4 Å². The van der Waals surface area contributed by atoms with Crippen LogP contribution < -0.4 is 16.0 Å². The Bertz CT molecular complexity index is 824. The van der Waals surface area contributed by atoms with E-state index >= 15 is 0 Å². The maximum Gasteiger partial charge on any atom is 0.315 e. The molecule has 4 aliphatic carbocycles. The molecule has 3 N–H and O–H groups in total. The lowest BCUT2D eigenvalue weighted by Crippen LogP contribution is -2.61. The van der Waals surface area contributed by atoms with Crippen LogP contribution in [0.15, 0.2) is 24.3 Å². The van der Waals surface area contributed by atoms with Crippen molar-refractivity contribution in [2.75, 3.05) is 25.5 Å². The Morgan fingerprint density at radius 1 is 1.06 bits per heavy atom. The van der Waals surface area contributed by atoms with E-state index in [0.29, 0.717) is 10.7 Å². The highest BCUT2D eigenvalue weighted by Gasteiger charge is 2.51. The van der Waals surface area contributed by atoms with E-state index in [-0.39, 0.29) is 42.9 Å². The normalized spacial score (nSPS) is 28.1. The number of likely N-dealkylation sites (N-methyl/N-ethyl adjacent to an activating group) is 1. The maximum absolute atomic E-state index is 12.5. The van der Waals surface area contributed by atoms with Gasteiger partial charge in [-0.25, -0.2) is 4.79 Å². The molecule has 5 rings (SSSR count). The van der Waals surface area contributed by atoms with Gasteiger partial charge in [0.1, 0.15) is 0 Å². The number of hydrogen-bond donors (Lipinski definition) is 3. The molecule has 4 aliphatic rings. The summed E-state index contributed by atoms with van der Waals surface area (Å²) in [5.74, 6) is 1.76. The average Bonchev–Trinajstić information content (AvgIpc) is 2.68. The summed E-state index contributed by atoms with van der Waals surface area (Å²) in [6.45, 7) is 0.164. The summed E-state index contributed by atoms with van der Waals surface area (Å²) in [5.41, 5.74) is 0.467. The lowest BCUT2D eigenvalue weighted by molar-refractivity contribution is -0.133. The van der Waals surface area contributed by atoms with Crippen molar-refractivity contribution in [2.45, 2.75) is 50.5 Å². The topological polar surface area (TPSA) is 90.5 Å². The monoisotopic (exact) mass is 446 g/mol. The number of rotatable bonds is 7. The van der Waals surface area contributed by atoms with Gasteiger partial charge < -0.3 is 20.9 Å². The highest BCUT2D eigenvalue weighted by atomic mass is 35.5. The van der Waals surface area contributed by atoms with Gasteiger partial charge >= 0.3 is 6.03 Å². The van der Waals surface area contributed by atoms with Gasteiger partial charge in [0.25, 0.3) is 0 Å². The number of nitrogens with one attached hydrogen (secondary N) is 3. The van der Waals surface area contributed by atoms with Gasteiger partial charge in [-0.05, 0) is 68.4 Å². The number of anilines is 1. The molecule has 0 saturated heterocycles. The van der Waals surface area contributed by atoms with Crippen molar-refractivity contribution in [1.82, 2.24) is 15.5 Å². The van der Waals surface area contributed by atoms with Crippen LogP contribution in [0.25, 0.3) is 0 Å². The SMILES string of the molecule is CN(CC(=O)Nc1ccccc1Cl)C(=O)CCNC(=O)NC12CC3CC(CC(C3)C1)C2. The second-order valence-corrected chi connectivity index (χ2v) is 10.0. The summed E-state index contributed by atoms with van der Waals surface area (Å²) in [4.78, 5) is 38.3. The Balaban J connectivity index is 1.17. The average molecular weight is 447 g/mol. The molecule has 4 amide bonds. The van der Waals surface area contributed by atoms with Gasteiger partial charge in [-0.15, -0.1) is 0 Å². The molecule has 1 aromatic carbocycles. The van der Waals surface area contributed by atoms with Crippen molar-refractivity contribution >= 4 is 35.1 Å². The van der Waals surface area contributed by atoms with Crippen LogP contribution in [0.3, 0.4) is 0 Å². The Labute approximate surface area is 188 Å². The molecule has 0 spiro atoms. The van der Waals surface area contributed by atoms with Crippen molar-refractivity contribution in [2.24, 2.45) is 17.8 Å². The van der Waals surface area contributed by atoms with E-state index in [2.05, 4.69) is 16.0 Å². The number of carbonyl (C=O) groups excluding carboxylic acids is 3. The molecular weight excluding hydrogens is 416 g/mol. The summed E-state index contributed by atoms with van der Waals surface area (Å²) in [7, 11) is 1.57. The van der Waals surface area contributed by atoms with E-state index in [9.17, 15) is 14.4 Å². The van der Waals surface area contributed by atoms with E-state index in [0.717, 1.165) is 37.0 Å². The van der Waals surface area contributed by atoms with Crippen LogP contribution in [0, 0.1) is 17.8 Å². The highest BCUT2D eigenvalue weighted by Crippen LogP contribution is 2.55. The Morgan fingerprint density at radius 3 is 2.29 bits per heavy atom. The van der Waals surface area contributed by atoms with Crippen LogP contribution in [0.2, 0.25) is 5.02 Å². The minimum atomic E-state index is -0.323. The largest absolute Gasteiger partial charge is 0.338 e. The number of benzene rings is 1. The van der Waals surface area contributed by atoms with Crippen LogP contribution in [0.4, 0.5) is 10.5 Å². The van der Waals surface area contributed by atoms with Crippen LogP contribution in [0.5, 0.6) is 0 Å². The molecule has 4 saturated carbocycles. The summed E-state index contributed by atoms with van der Waals surface area (Å²) in [5, 5.41) is 9.21. The zero-order chi connectivity index (χ0) is 22.0. The Kier molecular flexibility index (Phi) is 6.42. The number of hydrogen-bond acceptors (Lipinski definition) is 3. The summed E-state index contributed by atoms with van der Waals surface area (Å²) in [6, 6.07) is 6.76. The first kappa shape index (κ1) is 21.9. The zero-order valence-electron chi connectivity index (χ0n) is 18.0. The van der Waals surface area contributed by atoms with Crippen LogP contribution in [-0.4, -0.2) is 48.4 Å². The summed E-state index contributed by atoms with van der Waals surface area (Å²) in [6.07, 6.45) is 7.40. The minimum absolute atomic E-state index is 0.0452. The van der Waals surface area contributed by atoms with E-state index in [1.807, 2.05) is 0 Å². The van der Waals surface area contributed by atoms with Crippen LogP contribution >= 0.6 is 11.6 Å². The fourth-order valence-corrected chi connectivity index (χ4v) is 6.26. The van der Waals surface area contributed by atoms with Gasteiger partial charge in [0, 0.05) is 25.6 Å². The first-order valence-electron chi connectivity index (χ1n) is 11.2. The number of halogens is 1. The second-order valence-electron chi connectivity index (χ2n) is 9.61. The van der Waals surface area contributed by atoms with Crippen LogP contribution in [-0.2, 0) is 9.59 Å². The van der Waals surface area contributed by atoms with Crippen molar-refractivity contribution in [3.63, 3.8) is 0 Å². The molecule has 1 aromatic rings. The molecule has 7 nitrogen and oxygen atoms in total. The van der Waals surface area contributed by atoms with E-state index < -0.39 is 0 Å². The molecule has 4 bridgehead atoms. The van der Waals surface area contributed by atoms with E-state index in [4.69, 9.17) is 11.6 Å². The van der Waals surface area contributed by atoms with Gasteiger partial charge in [0.2, 0.25) is 11.8 Å². The first-order valence-corrected chi connectivity index (χ1v) is 11.5. The fourth-order valence-electron chi connectivity index (χ4n) is 6.08. The summed E-state index contributed by atoms with van der Waals surface area (Å²) >= 11 is 6.04. The third-order valence-corrected chi connectivity index (χ3v) is 7.33.